The highest BCUT2D eigenvalue weighted by Crippen LogP contribution is 2.29. The van der Waals surface area contributed by atoms with Gasteiger partial charge in [-0.1, -0.05) is 35.9 Å². The third-order valence-electron chi connectivity index (χ3n) is 3.87. The van der Waals surface area contributed by atoms with Crippen LogP contribution in [-0.2, 0) is 9.59 Å². The molecule has 0 radical (unpaired) electrons. The molecule has 7 heteroatoms. The molecular weight excluding hydrogens is 404 g/mol. The van der Waals surface area contributed by atoms with Crippen LogP contribution in [0.15, 0.2) is 78.9 Å². The number of para-hydroxylation sites is 1. The smallest absolute Gasteiger partial charge is 0.255 e. The molecule has 0 saturated carbocycles. The maximum atomic E-state index is 12.1. The Morgan fingerprint density at radius 2 is 1.60 bits per heavy atom. The van der Waals surface area contributed by atoms with Crippen molar-refractivity contribution < 1.29 is 19.1 Å². The van der Waals surface area contributed by atoms with Gasteiger partial charge in [0.1, 0.15) is 17.2 Å². The lowest BCUT2D eigenvalue weighted by Crippen LogP contribution is -2.19. The second-order valence-electron chi connectivity index (χ2n) is 6.20. The van der Waals surface area contributed by atoms with E-state index in [2.05, 4.69) is 5.32 Å². The zero-order valence-corrected chi connectivity index (χ0v) is 16.6. The van der Waals surface area contributed by atoms with Crippen LogP contribution in [0.3, 0.4) is 0 Å². The molecule has 0 aliphatic carbocycles. The maximum absolute atomic E-state index is 12.1. The number of carbonyl (C=O) groups excluding carboxylic acids is 2. The van der Waals surface area contributed by atoms with Gasteiger partial charge < -0.3 is 20.5 Å². The minimum Gasteiger partial charge on any atom is -0.484 e. The van der Waals surface area contributed by atoms with Crippen LogP contribution in [-0.4, -0.2) is 18.4 Å². The van der Waals surface area contributed by atoms with Crippen molar-refractivity contribution in [3.8, 4) is 17.2 Å². The molecule has 0 aromatic heterocycles. The summed E-state index contributed by atoms with van der Waals surface area (Å²) < 4.78 is 10.9. The number of rotatable bonds is 8. The predicted octanol–water partition coefficient (Wildman–Crippen LogP) is 4.65. The van der Waals surface area contributed by atoms with Crippen LogP contribution in [0.4, 0.5) is 5.69 Å². The average molecular weight is 423 g/mol. The van der Waals surface area contributed by atoms with Crippen LogP contribution < -0.4 is 20.5 Å². The molecule has 6 nitrogen and oxygen atoms in total. The van der Waals surface area contributed by atoms with Gasteiger partial charge in [0, 0.05) is 11.8 Å². The van der Waals surface area contributed by atoms with Crippen molar-refractivity contribution >= 4 is 35.2 Å². The quantitative estimate of drug-likeness (QED) is 0.517. The molecule has 0 aliphatic rings. The van der Waals surface area contributed by atoms with E-state index in [4.69, 9.17) is 26.8 Å². The Morgan fingerprint density at radius 3 is 2.27 bits per heavy atom. The second kappa shape index (κ2) is 10.1. The Hall–Kier alpha value is -3.77. The van der Waals surface area contributed by atoms with Crippen LogP contribution in [0.2, 0.25) is 5.02 Å². The Balaban J connectivity index is 1.53. The van der Waals surface area contributed by atoms with Gasteiger partial charge in [0.05, 0.1) is 5.02 Å². The van der Waals surface area contributed by atoms with Crippen molar-refractivity contribution in [1.82, 2.24) is 0 Å². The second-order valence-corrected chi connectivity index (χ2v) is 6.61. The first-order chi connectivity index (χ1) is 14.5. The number of anilines is 1. The average Bonchev–Trinajstić information content (AvgIpc) is 2.74. The summed E-state index contributed by atoms with van der Waals surface area (Å²) in [7, 11) is 0. The molecule has 3 N–H and O–H groups in total. The van der Waals surface area contributed by atoms with Crippen molar-refractivity contribution in [3.05, 3.63) is 89.5 Å². The highest BCUT2D eigenvalue weighted by atomic mass is 35.5. The molecule has 30 heavy (non-hydrogen) atoms. The lowest BCUT2D eigenvalue weighted by molar-refractivity contribution is -0.120. The van der Waals surface area contributed by atoms with E-state index in [1.807, 2.05) is 12.1 Å². The molecule has 0 saturated heterocycles. The number of nitrogens with two attached hydrogens (primary N) is 1. The molecule has 3 aromatic carbocycles. The van der Waals surface area contributed by atoms with Crippen molar-refractivity contribution in [2.24, 2.45) is 5.73 Å². The van der Waals surface area contributed by atoms with Crippen LogP contribution in [0, 0.1) is 0 Å². The molecule has 3 rings (SSSR count). The number of primary amides is 1. The normalized spacial score (nSPS) is 10.6. The van der Waals surface area contributed by atoms with Crippen molar-refractivity contribution in [3.63, 3.8) is 0 Å². The standard InChI is InChI=1S/C23H19ClN2O4/c24-20-3-1-2-4-21(20)30-19-12-8-17(9-13-19)26-23(28)14-7-16-5-10-18(11-6-16)29-15-22(25)27/h1-14H,15H2,(H2,25,27)(H,26,28). The van der Waals surface area contributed by atoms with E-state index in [-0.39, 0.29) is 12.5 Å². The molecule has 0 bridgehead atoms. The number of hydrogen-bond donors (Lipinski definition) is 2. The topological polar surface area (TPSA) is 90.7 Å². The van der Waals surface area contributed by atoms with E-state index in [9.17, 15) is 9.59 Å². The van der Waals surface area contributed by atoms with Gasteiger partial charge in [0.25, 0.3) is 5.91 Å². The van der Waals surface area contributed by atoms with Gasteiger partial charge in [-0.3, -0.25) is 9.59 Å². The van der Waals surface area contributed by atoms with Gasteiger partial charge in [0.15, 0.2) is 6.61 Å². The highest BCUT2D eigenvalue weighted by Gasteiger charge is 2.03. The predicted molar refractivity (Wildman–Crippen MR) is 117 cm³/mol. The number of ether oxygens (including phenoxy) is 2. The molecule has 0 spiro atoms. The Kier molecular flexibility index (Phi) is 7.08. The number of amides is 2. The molecule has 0 fully saturated rings. The number of carbonyl (C=O) groups is 2. The summed E-state index contributed by atoms with van der Waals surface area (Å²) in [5.74, 6) is 0.873. The maximum Gasteiger partial charge on any atom is 0.255 e. The molecule has 0 atom stereocenters. The fourth-order valence-electron chi connectivity index (χ4n) is 2.45. The zero-order chi connectivity index (χ0) is 21.3. The molecule has 152 valence electrons. The molecule has 3 aromatic rings. The van der Waals surface area contributed by atoms with Gasteiger partial charge in [-0.2, -0.15) is 0 Å². The van der Waals surface area contributed by atoms with E-state index >= 15 is 0 Å². The summed E-state index contributed by atoms with van der Waals surface area (Å²) in [6.07, 6.45) is 3.09. The van der Waals surface area contributed by atoms with E-state index < -0.39 is 5.91 Å². The minimum atomic E-state index is -0.542. The van der Waals surface area contributed by atoms with Crippen LogP contribution in [0.25, 0.3) is 6.08 Å². The highest BCUT2D eigenvalue weighted by molar-refractivity contribution is 6.32. The van der Waals surface area contributed by atoms with E-state index in [1.54, 1.807) is 66.7 Å². The molecule has 0 heterocycles. The number of benzene rings is 3. The first-order valence-corrected chi connectivity index (χ1v) is 9.40. The Morgan fingerprint density at radius 1 is 0.933 bits per heavy atom. The summed E-state index contributed by atoms with van der Waals surface area (Å²) in [4.78, 5) is 22.8. The van der Waals surface area contributed by atoms with Crippen molar-refractivity contribution in [1.29, 1.82) is 0 Å². The van der Waals surface area contributed by atoms with Gasteiger partial charge >= 0.3 is 0 Å². The first-order valence-electron chi connectivity index (χ1n) is 9.02. The minimum absolute atomic E-state index is 0.181. The third kappa shape index (κ3) is 6.39. The summed E-state index contributed by atoms with van der Waals surface area (Å²) in [5, 5.41) is 3.30. The van der Waals surface area contributed by atoms with Crippen LogP contribution in [0.1, 0.15) is 5.56 Å². The third-order valence-corrected chi connectivity index (χ3v) is 4.19. The van der Waals surface area contributed by atoms with Crippen molar-refractivity contribution in [2.75, 3.05) is 11.9 Å². The van der Waals surface area contributed by atoms with Gasteiger partial charge in [-0.15, -0.1) is 0 Å². The van der Waals surface area contributed by atoms with Crippen LogP contribution >= 0.6 is 11.6 Å². The summed E-state index contributed by atoms with van der Waals surface area (Å²) in [5.41, 5.74) is 6.47. The fraction of sp³-hybridized carbons (Fsp3) is 0.0435. The van der Waals surface area contributed by atoms with Gasteiger partial charge in [-0.25, -0.2) is 0 Å². The Bertz CT molecular complexity index is 1050. The fourth-order valence-corrected chi connectivity index (χ4v) is 2.62. The lowest BCUT2D eigenvalue weighted by atomic mass is 10.2. The monoisotopic (exact) mass is 422 g/mol. The number of halogens is 1. The number of nitrogens with one attached hydrogen (secondary N) is 1. The van der Waals surface area contributed by atoms with E-state index in [0.29, 0.717) is 28.0 Å². The van der Waals surface area contributed by atoms with E-state index in [0.717, 1.165) is 5.56 Å². The molecule has 2 amide bonds. The molecule has 0 aliphatic heterocycles. The largest absolute Gasteiger partial charge is 0.484 e. The first kappa shape index (κ1) is 21.0. The number of hydrogen-bond acceptors (Lipinski definition) is 4. The summed E-state index contributed by atoms with van der Waals surface area (Å²) in [6, 6.07) is 21.1. The zero-order valence-electron chi connectivity index (χ0n) is 15.9. The molecule has 0 unspecified atom stereocenters. The Labute approximate surface area is 178 Å². The van der Waals surface area contributed by atoms with Crippen molar-refractivity contribution in [2.45, 2.75) is 0 Å². The van der Waals surface area contributed by atoms with E-state index in [1.165, 1.54) is 6.08 Å². The summed E-state index contributed by atoms with van der Waals surface area (Å²) in [6.45, 7) is -0.181. The molecular formula is C23H19ClN2O4. The lowest BCUT2D eigenvalue weighted by Gasteiger charge is -2.08. The van der Waals surface area contributed by atoms with Crippen LogP contribution in [0.5, 0.6) is 17.2 Å². The SMILES string of the molecule is NC(=O)COc1ccc(C=CC(=O)Nc2ccc(Oc3ccccc3Cl)cc2)cc1. The van der Waals surface area contributed by atoms with Gasteiger partial charge in [0.2, 0.25) is 5.91 Å². The summed E-state index contributed by atoms with van der Waals surface area (Å²) >= 11 is 6.08. The van der Waals surface area contributed by atoms with Gasteiger partial charge in [-0.05, 0) is 60.2 Å².